The van der Waals surface area contributed by atoms with E-state index in [-0.39, 0.29) is 127 Å². The van der Waals surface area contributed by atoms with Gasteiger partial charge in [-0.2, -0.15) is 13.2 Å². The van der Waals surface area contributed by atoms with Crippen LogP contribution in [-0.4, -0.2) is 281 Å². The van der Waals surface area contributed by atoms with Crippen LogP contribution < -0.4 is 16.0 Å². The Kier molecular flexibility index (Phi) is 32.5. The summed E-state index contributed by atoms with van der Waals surface area (Å²) in [6.45, 7) is 8.09. The number of fused-ring (bicyclic) bond motifs is 3. The Morgan fingerprint density at radius 2 is 1.26 bits per heavy atom. The Morgan fingerprint density at radius 3 is 1.86 bits per heavy atom. The highest BCUT2D eigenvalue weighted by atomic mass is 35.5. The van der Waals surface area contributed by atoms with Gasteiger partial charge in [0.15, 0.2) is 0 Å². The summed E-state index contributed by atoms with van der Waals surface area (Å²) in [5.41, 5.74) is -1.60. The minimum absolute atomic E-state index is 0.0366. The van der Waals surface area contributed by atoms with Crippen LogP contribution in [0.2, 0.25) is 0 Å². The fourth-order valence-electron chi connectivity index (χ4n) is 18.7. The zero-order chi connectivity index (χ0) is 80.8. The SMILES string of the molecule is CCO[C@@H]1C[C@H]2C(=O)NC3(CCC3)C(=O)N(C)[C@@H](C3CCCC3)C(=O)N(CCC3CCCC3)[C@H](C(=O)N(C)C)CC(=O)N(C)[C@@H](CC(C)C)C(=O)N[C@@H]([C@@H](C)CC)C(=O)N(C)CC(=O)N(C)[C@H]3CCCCCN(C3=O)[C@@H](CC3CCC(F)CC3)C(=O)N(C)CC(=O)N[C@@H](CCC3CCC(C(F)(F)F)C(Cl)C3)C(=O)N2C1. The van der Waals surface area contributed by atoms with E-state index < -0.39 is 192 Å². The first-order valence-corrected chi connectivity index (χ1v) is 41.7. The predicted molar refractivity (Wildman–Crippen MR) is 407 cm³/mol. The fraction of sp³-hybridized carbons (Fsp3) is 0.850. The molecular weight excluding hydrogens is 1450 g/mol. The molecule has 0 radical (unpaired) electrons. The van der Waals surface area contributed by atoms with Crippen LogP contribution in [0.1, 0.15) is 227 Å². The Labute approximate surface area is 654 Å². The van der Waals surface area contributed by atoms with Crippen molar-refractivity contribution in [3.8, 4) is 0 Å². The summed E-state index contributed by atoms with van der Waals surface area (Å²) in [6, 6.07) is -10.2. The first-order valence-electron chi connectivity index (χ1n) is 41.3. The zero-order valence-corrected chi connectivity index (χ0v) is 68.3. The fourth-order valence-corrected chi connectivity index (χ4v) is 19.2. The molecule has 5 saturated carbocycles. The molecule has 0 aromatic heterocycles. The quantitative estimate of drug-likeness (QED) is 0.0977. The van der Waals surface area contributed by atoms with Crippen LogP contribution in [-0.2, 0) is 62.3 Å². The maximum atomic E-state index is 16.3. The van der Waals surface area contributed by atoms with E-state index in [1.165, 1.54) is 88.5 Å². The number of alkyl halides is 5. The third kappa shape index (κ3) is 22.3. The monoisotopic (exact) mass is 1580 g/mol. The van der Waals surface area contributed by atoms with Gasteiger partial charge in [-0.05, 0) is 164 Å². The van der Waals surface area contributed by atoms with Crippen LogP contribution in [0, 0.1) is 41.4 Å². The van der Waals surface area contributed by atoms with Gasteiger partial charge in [-0.3, -0.25) is 57.5 Å². The van der Waals surface area contributed by atoms with Gasteiger partial charge < -0.3 is 64.8 Å². The summed E-state index contributed by atoms with van der Waals surface area (Å²) in [5.74, 6) is -11.1. The van der Waals surface area contributed by atoms with Crippen LogP contribution in [0.25, 0.3) is 0 Å². The largest absolute Gasteiger partial charge is 0.393 e. The van der Waals surface area contributed by atoms with Gasteiger partial charge in [-0.1, -0.05) is 85.5 Å². The summed E-state index contributed by atoms with van der Waals surface area (Å²) < 4.78 is 63.5. The zero-order valence-electron chi connectivity index (χ0n) is 67.6. The average molecular weight is 1580 g/mol. The number of amides is 12. The number of nitrogens with zero attached hydrogens (tertiary/aromatic N) is 9. The summed E-state index contributed by atoms with van der Waals surface area (Å²) >= 11 is 6.47. The van der Waals surface area contributed by atoms with Gasteiger partial charge in [-0.25, -0.2) is 4.39 Å². The Balaban J connectivity index is 1.22. The van der Waals surface area contributed by atoms with Gasteiger partial charge in [0.25, 0.3) is 0 Å². The number of hydrogen-bond donors (Lipinski definition) is 3. The molecule has 12 amide bonds. The molecule has 25 nitrogen and oxygen atoms in total. The molecule has 2 bridgehead atoms. The number of carbonyl (C=O) groups is 12. The van der Waals surface area contributed by atoms with E-state index in [1.807, 2.05) is 20.8 Å². The summed E-state index contributed by atoms with van der Waals surface area (Å²) in [6.07, 6.45) is 4.12. The van der Waals surface area contributed by atoms with E-state index >= 15 is 43.2 Å². The van der Waals surface area contributed by atoms with E-state index in [9.17, 15) is 31.9 Å². The molecule has 3 N–H and O–H groups in total. The maximum absolute atomic E-state index is 16.3. The number of likely N-dealkylation sites (N-methyl/N-ethyl adjacent to an activating group) is 6. The lowest BCUT2D eigenvalue weighted by Crippen LogP contribution is -2.68. The second-order valence-electron chi connectivity index (χ2n) is 34.3. The van der Waals surface area contributed by atoms with Crippen LogP contribution in [0.4, 0.5) is 17.6 Å². The van der Waals surface area contributed by atoms with Gasteiger partial charge in [0.1, 0.15) is 60.0 Å². The Bertz CT molecular complexity index is 3200. The topological polar surface area (TPSA) is 279 Å². The number of nitrogens with one attached hydrogen (secondary N) is 3. The van der Waals surface area contributed by atoms with Crippen molar-refractivity contribution in [1.29, 1.82) is 0 Å². The minimum Gasteiger partial charge on any atom is -0.377 e. The molecule has 0 aromatic rings. The molecule has 3 saturated heterocycles. The normalized spacial score (nSPS) is 31.5. The van der Waals surface area contributed by atoms with Crippen LogP contribution in [0.5, 0.6) is 0 Å². The van der Waals surface area contributed by atoms with Gasteiger partial charge in [0.2, 0.25) is 70.9 Å². The maximum Gasteiger partial charge on any atom is 0.393 e. The lowest BCUT2D eigenvalue weighted by Gasteiger charge is -2.47. The van der Waals surface area contributed by atoms with Crippen LogP contribution in [0.3, 0.4) is 0 Å². The van der Waals surface area contributed by atoms with E-state index in [1.54, 1.807) is 13.8 Å². The van der Waals surface area contributed by atoms with Crippen molar-refractivity contribution in [2.45, 2.75) is 305 Å². The molecular formula is C80H129ClF4N12O13. The second kappa shape index (κ2) is 40.1. The lowest BCUT2D eigenvalue weighted by atomic mass is 9.74. The smallest absolute Gasteiger partial charge is 0.377 e. The summed E-state index contributed by atoms with van der Waals surface area (Å²) in [5, 5.41) is 7.63. The molecule has 8 aliphatic rings. The summed E-state index contributed by atoms with van der Waals surface area (Å²) in [4.78, 5) is 196. The molecule has 3 heterocycles. The third-order valence-corrected chi connectivity index (χ3v) is 26.3. The van der Waals surface area contributed by atoms with Crippen molar-refractivity contribution < 1.29 is 79.8 Å². The van der Waals surface area contributed by atoms with Crippen molar-refractivity contribution in [2.24, 2.45) is 41.4 Å². The van der Waals surface area contributed by atoms with E-state index in [2.05, 4.69) is 16.0 Å². The third-order valence-electron chi connectivity index (χ3n) is 25.8. The van der Waals surface area contributed by atoms with Gasteiger partial charge in [-0.15, -0.1) is 11.6 Å². The van der Waals surface area contributed by atoms with E-state index in [4.69, 9.17) is 16.3 Å². The van der Waals surface area contributed by atoms with Crippen molar-refractivity contribution in [3.63, 3.8) is 0 Å². The standard InChI is InChI=1S/C80H129ClF4N12O13/c1-13-50(5)68-76(107)91(9)48-67(100)92(10)60-27-16-15-21-39-95(75(60)106)63(43-53-28-32-55(82)33-29-53)74(105)90(8)47-65(98)86-59(35-31-52-30-34-57(58(81)42-52)80(83,84)85)72(103)97-46-56(110-14-2)44-62(97)71(102)88-79(37-22-38-79)78(109)94(12)69(54-25-19-20-26-54)77(108)96(40-36-51-23-17-18-24-51)64(73(104)89(6)7)45-66(99)93(11)61(41-49(3)4)70(101)87-68/h49-64,68-69H,13-48H2,1-12H3,(H,86,98)(H,87,101)(H,88,102)/t50-,52?,53?,55?,56+,57?,58?,59-,60-,61-,62-,63-,64-,68-,69-/m0/s1. The lowest BCUT2D eigenvalue weighted by molar-refractivity contribution is -0.182. The molecule has 5 aliphatic carbocycles. The minimum atomic E-state index is -4.54. The molecule has 1 spiro atoms. The van der Waals surface area contributed by atoms with Gasteiger partial charge in [0.05, 0.1) is 31.5 Å². The highest BCUT2D eigenvalue weighted by Gasteiger charge is 2.55. The molecule has 110 heavy (non-hydrogen) atoms. The van der Waals surface area contributed by atoms with Gasteiger partial charge >= 0.3 is 6.18 Å². The van der Waals surface area contributed by atoms with Crippen LogP contribution >= 0.6 is 11.6 Å². The number of ether oxygens (including phenoxy) is 1. The molecule has 3 aliphatic heterocycles. The molecule has 13 atom stereocenters. The number of carbonyl (C=O) groups excluding carboxylic acids is 12. The second-order valence-corrected chi connectivity index (χ2v) is 34.9. The van der Waals surface area contributed by atoms with Crippen molar-refractivity contribution in [1.82, 2.24) is 60.0 Å². The average Bonchev–Trinajstić information content (AvgIpc) is 1.20. The number of rotatable bonds is 16. The molecule has 8 fully saturated rings. The van der Waals surface area contributed by atoms with Crippen molar-refractivity contribution in [2.75, 3.05) is 88.7 Å². The Hall–Kier alpha value is -6.39. The van der Waals surface area contributed by atoms with Crippen molar-refractivity contribution in [3.05, 3.63) is 0 Å². The molecule has 0 aromatic carbocycles. The predicted octanol–water partition coefficient (Wildman–Crippen LogP) is 8.01. The highest BCUT2D eigenvalue weighted by Crippen LogP contribution is 2.45. The van der Waals surface area contributed by atoms with Crippen LogP contribution in [0.15, 0.2) is 0 Å². The van der Waals surface area contributed by atoms with Crippen molar-refractivity contribution >= 4 is 82.5 Å². The van der Waals surface area contributed by atoms with E-state index in [0.29, 0.717) is 64.2 Å². The molecule has 622 valence electrons. The van der Waals surface area contributed by atoms with Gasteiger partial charge in [0, 0.05) is 87.4 Å². The molecule has 8 rings (SSSR count). The highest BCUT2D eigenvalue weighted by molar-refractivity contribution is 6.21. The molecule has 30 heteroatoms. The first kappa shape index (κ1) is 89.2. The van der Waals surface area contributed by atoms with E-state index in [0.717, 1.165) is 43.4 Å². The summed E-state index contributed by atoms with van der Waals surface area (Å²) in [7, 11) is 10.3. The molecule has 3 unspecified atom stereocenters. The first-order chi connectivity index (χ1) is 52.0. The Morgan fingerprint density at radius 1 is 0.627 bits per heavy atom. The number of halogens is 5. The number of hydrogen-bond acceptors (Lipinski definition) is 13.